The molecule has 2 heteroatoms. The molecule has 0 aliphatic heterocycles. The molecule has 9 aromatic carbocycles. The van der Waals surface area contributed by atoms with Gasteiger partial charge in [-0.25, -0.2) is 0 Å². The number of anilines is 3. The zero-order valence-electron chi connectivity index (χ0n) is 34.8. The minimum atomic E-state index is -0.450. The fourth-order valence-corrected chi connectivity index (χ4v) is 11.5. The van der Waals surface area contributed by atoms with Crippen LogP contribution >= 0.6 is 11.3 Å². The molecule has 10 aromatic rings. The van der Waals surface area contributed by atoms with E-state index in [0.29, 0.717) is 0 Å². The molecule has 0 spiro atoms. The van der Waals surface area contributed by atoms with Gasteiger partial charge in [-0.3, -0.25) is 0 Å². The van der Waals surface area contributed by atoms with Crippen LogP contribution < -0.4 is 14.7 Å². The van der Waals surface area contributed by atoms with Crippen LogP contribution in [-0.2, 0) is 5.41 Å². The van der Waals surface area contributed by atoms with E-state index < -0.39 is 5.41 Å². The minimum absolute atomic E-state index is 0.450. The number of nitrogens with zero attached hydrogens (tertiary/aromatic N) is 1. The highest BCUT2D eigenvalue weighted by molar-refractivity contribution is 7.17. The molecule has 12 rings (SSSR count). The van der Waals surface area contributed by atoms with Crippen molar-refractivity contribution in [3.05, 3.63) is 256 Å². The third kappa shape index (κ3) is 6.21. The standard InChI is InChI=1S/C61H43NS/c1-3-14-42(15-4-1)43-26-28-44(29-27-43)45-30-36-49(37-31-45)62(50-38-32-46(33-39-50)52-21-13-25-59-60(52)55-20-9-12-24-58(55)63-59)51-40-34-48(35-41-51)61(47-16-5-2-6-17-47)56-22-10-7-18-53(56)54-19-8-11-23-57(54)61/h1-8,10-11,13-41H,9,12H2. The Morgan fingerprint density at radius 3 is 1.40 bits per heavy atom. The molecule has 298 valence electrons. The van der Waals surface area contributed by atoms with Gasteiger partial charge in [0.05, 0.1) is 5.41 Å². The number of hydrogen-bond donors (Lipinski definition) is 0. The Bertz CT molecular complexity index is 3360. The first kappa shape index (κ1) is 37.3. The number of hydrogen-bond acceptors (Lipinski definition) is 2. The first-order chi connectivity index (χ1) is 31.2. The molecular formula is C61H43NS. The van der Waals surface area contributed by atoms with Crippen LogP contribution in [0.5, 0.6) is 0 Å². The van der Waals surface area contributed by atoms with E-state index in [1.165, 1.54) is 86.6 Å². The third-order valence-corrected chi connectivity index (χ3v) is 14.4. The summed E-state index contributed by atoms with van der Waals surface area (Å²) in [5.41, 5.74) is 18.0. The van der Waals surface area contributed by atoms with E-state index in [2.05, 4.69) is 242 Å². The quantitative estimate of drug-likeness (QED) is 0.148. The second-order valence-corrected chi connectivity index (χ2v) is 17.8. The van der Waals surface area contributed by atoms with E-state index in [0.717, 1.165) is 29.9 Å². The molecule has 0 saturated carbocycles. The lowest BCUT2D eigenvalue weighted by Crippen LogP contribution is -2.28. The predicted octanol–water partition coefficient (Wildman–Crippen LogP) is 15.1. The Hall–Kier alpha value is -7.52. The lowest BCUT2D eigenvalue weighted by molar-refractivity contribution is 0.768. The van der Waals surface area contributed by atoms with Crippen molar-refractivity contribution in [3.63, 3.8) is 0 Å². The van der Waals surface area contributed by atoms with Crippen molar-refractivity contribution in [1.29, 1.82) is 0 Å². The van der Waals surface area contributed by atoms with Crippen LogP contribution in [0.25, 0.3) is 66.7 Å². The summed E-state index contributed by atoms with van der Waals surface area (Å²) in [4.78, 5) is 2.40. The van der Waals surface area contributed by atoms with Crippen LogP contribution in [0.2, 0.25) is 0 Å². The molecule has 0 N–H and O–H groups in total. The first-order valence-corrected chi connectivity index (χ1v) is 22.8. The van der Waals surface area contributed by atoms with E-state index in [1.54, 1.807) is 0 Å². The van der Waals surface area contributed by atoms with Gasteiger partial charge in [0.1, 0.15) is 0 Å². The van der Waals surface area contributed by atoms with Crippen LogP contribution in [0, 0.1) is 0 Å². The summed E-state index contributed by atoms with van der Waals surface area (Å²) >= 11 is 1.92. The Morgan fingerprint density at radius 2 is 0.794 bits per heavy atom. The second-order valence-electron chi connectivity index (χ2n) is 16.7. The van der Waals surface area contributed by atoms with Gasteiger partial charge in [-0.05, 0) is 127 Å². The zero-order chi connectivity index (χ0) is 41.7. The highest BCUT2D eigenvalue weighted by atomic mass is 32.1. The van der Waals surface area contributed by atoms with E-state index in [1.807, 2.05) is 11.3 Å². The maximum absolute atomic E-state index is 2.43. The van der Waals surface area contributed by atoms with Crippen molar-refractivity contribution < 1.29 is 0 Å². The number of fused-ring (bicyclic) bond motifs is 6. The van der Waals surface area contributed by atoms with Crippen LogP contribution in [0.3, 0.4) is 0 Å². The molecule has 0 unspecified atom stereocenters. The SMILES string of the molecule is C1=c2sc3cccc(-c4ccc(N(c5ccc(-c6ccc(-c7ccccc7)cc6)cc5)c5ccc(C6(c7ccccc7)c7ccccc7-c7ccccc76)cc5)cc4)c3c2=CCC1. The molecule has 0 fully saturated rings. The lowest BCUT2D eigenvalue weighted by Gasteiger charge is -2.34. The van der Waals surface area contributed by atoms with Crippen molar-refractivity contribution >= 4 is 50.6 Å². The molecule has 1 aromatic heterocycles. The molecule has 0 saturated heterocycles. The van der Waals surface area contributed by atoms with Crippen LogP contribution in [0.4, 0.5) is 17.1 Å². The summed E-state index contributed by atoms with van der Waals surface area (Å²) in [7, 11) is 0. The predicted molar refractivity (Wildman–Crippen MR) is 268 cm³/mol. The van der Waals surface area contributed by atoms with E-state index in [-0.39, 0.29) is 0 Å². The molecule has 1 heterocycles. The van der Waals surface area contributed by atoms with Gasteiger partial charge >= 0.3 is 0 Å². The summed E-state index contributed by atoms with van der Waals surface area (Å²) in [5, 5.41) is 2.78. The fraction of sp³-hybridized carbons (Fsp3) is 0.0492. The summed E-state index contributed by atoms with van der Waals surface area (Å²) in [5.74, 6) is 0. The van der Waals surface area contributed by atoms with Gasteiger partial charge in [0.25, 0.3) is 0 Å². The van der Waals surface area contributed by atoms with Crippen LogP contribution in [0.1, 0.15) is 35.1 Å². The fourth-order valence-electron chi connectivity index (χ4n) is 10.3. The molecule has 63 heavy (non-hydrogen) atoms. The van der Waals surface area contributed by atoms with Crippen molar-refractivity contribution in [3.8, 4) is 44.5 Å². The van der Waals surface area contributed by atoms with Gasteiger partial charge in [0.2, 0.25) is 0 Å². The van der Waals surface area contributed by atoms with Gasteiger partial charge in [0.15, 0.2) is 0 Å². The average molecular weight is 822 g/mol. The highest BCUT2D eigenvalue weighted by Gasteiger charge is 2.45. The summed E-state index contributed by atoms with van der Waals surface area (Å²) in [6.45, 7) is 0. The molecule has 2 aliphatic carbocycles. The topological polar surface area (TPSA) is 3.24 Å². The minimum Gasteiger partial charge on any atom is -0.311 e. The van der Waals surface area contributed by atoms with E-state index >= 15 is 0 Å². The van der Waals surface area contributed by atoms with Gasteiger partial charge in [-0.2, -0.15) is 0 Å². The molecule has 0 atom stereocenters. The number of thiophene rings is 1. The molecule has 0 radical (unpaired) electrons. The molecule has 1 nitrogen and oxygen atoms in total. The zero-order valence-corrected chi connectivity index (χ0v) is 35.6. The Kier molecular flexibility index (Phi) is 9.13. The van der Waals surface area contributed by atoms with Gasteiger partial charge < -0.3 is 4.90 Å². The Morgan fingerprint density at radius 1 is 0.349 bits per heavy atom. The monoisotopic (exact) mass is 821 g/mol. The van der Waals surface area contributed by atoms with Gasteiger partial charge in [0, 0.05) is 31.7 Å². The average Bonchev–Trinajstić information content (AvgIpc) is 3.90. The van der Waals surface area contributed by atoms with E-state index in [9.17, 15) is 0 Å². The maximum Gasteiger partial charge on any atom is 0.0713 e. The maximum atomic E-state index is 2.43. The molecule has 2 aliphatic rings. The molecule has 0 bridgehead atoms. The van der Waals surface area contributed by atoms with Crippen LogP contribution in [-0.4, -0.2) is 0 Å². The molecular weight excluding hydrogens is 779 g/mol. The lowest BCUT2D eigenvalue weighted by atomic mass is 9.68. The van der Waals surface area contributed by atoms with Crippen molar-refractivity contribution in [1.82, 2.24) is 0 Å². The largest absolute Gasteiger partial charge is 0.311 e. The number of benzene rings is 9. The van der Waals surface area contributed by atoms with Crippen molar-refractivity contribution in [2.24, 2.45) is 0 Å². The van der Waals surface area contributed by atoms with Crippen molar-refractivity contribution in [2.75, 3.05) is 4.90 Å². The Labute approximate surface area is 372 Å². The van der Waals surface area contributed by atoms with Crippen LogP contribution in [0.15, 0.2) is 224 Å². The first-order valence-electron chi connectivity index (χ1n) is 22.0. The summed E-state index contributed by atoms with van der Waals surface area (Å²) in [6, 6.07) is 82.8. The van der Waals surface area contributed by atoms with E-state index in [4.69, 9.17) is 0 Å². The smallest absolute Gasteiger partial charge is 0.0713 e. The second kappa shape index (κ2) is 15.4. The third-order valence-electron chi connectivity index (χ3n) is 13.2. The van der Waals surface area contributed by atoms with Crippen molar-refractivity contribution in [2.45, 2.75) is 18.3 Å². The highest BCUT2D eigenvalue weighted by Crippen LogP contribution is 2.56. The van der Waals surface area contributed by atoms with Gasteiger partial charge in [-0.1, -0.05) is 194 Å². The molecule has 0 amide bonds. The summed E-state index contributed by atoms with van der Waals surface area (Å²) in [6.07, 6.45) is 7.07. The summed E-state index contributed by atoms with van der Waals surface area (Å²) < 4.78 is 2.76. The Balaban J connectivity index is 0.969. The van der Waals surface area contributed by atoms with Gasteiger partial charge in [-0.15, -0.1) is 11.3 Å². The normalized spacial score (nSPS) is 13.3. The number of rotatable bonds is 8.